The summed E-state index contributed by atoms with van der Waals surface area (Å²) in [6.07, 6.45) is 3.03. The van der Waals surface area contributed by atoms with E-state index < -0.39 is 15.1 Å². The zero-order valence-corrected chi connectivity index (χ0v) is 19.8. The molecule has 0 radical (unpaired) electrons. The van der Waals surface area contributed by atoms with Crippen molar-refractivity contribution >= 4 is 21.6 Å². The summed E-state index contributed by atoms with van der Waals surface area (Å²) in [5.41, 5.74) is 2.78. The molecule has 0 spiro atoms. The molecule has 178 valence electrons. The average Bonchev–Trinajstić information content (AvgIpc) is 2.85. The van der Waals surface area contributed by atoms with E-state index >= 15 is 0 Å². The van der Waals surface area contributed by atoms with Crippen LogP contribution in [0.3, 0.4) is 0 Å². The highest BCUT2D eigenvalue weighted by molar-refractivity contribution is 7.92. The van der Waals surface area contributed by atoms with Gasteiger partial charge in [-0.3, -0.25) is 15.8 Å². The fourth-order valence-corrected chi connectivity index (χ4v) is 4.59. The summed E-state index contributed by atoms with van der Waals surface area (Å²) >= 11 is 0. The van der Waals surface area contributed by atoms with E-state index in [9.17, 15) is 8.42 Å². The third-order valence-corrected chi connectivity index (χ3v) is 7.44. The van der Waals surface area contributed by atoms with Gasteiger partial charge in [-0.2, -0.15) is 0 Å². The molecule has 1 aromatic heterocycles. The predicted octanol–water partition coefficient (Wildman–Crippen LogP) is 2.78. The van der Waals surface area contributed by atoms with Gasteiger partial charge in [0.05, 0.1) is 28.2 Å². The molecule has 0 saturated carbocycles. The van der Waals surface area contributed by atoms with Crippen LogP contribution in [0.4, 0.5) is 0 Å². The maximum absolute atomic E-state index is 12.6. The molecule has 3 aromatic rings. The standard InChI is InChI=1S/C24H27N5O4S/c1-16(11-12-30)34(31,32)20-9-7-18(8-10-20)21-14-28-15-22(29-21)24(26)33-23(25)19-5-3-17(4-6-19)13-27-2/h3-10,14-16,25-27,30H,11-13H2,1-2H3. The van der Waals surface area contributed by atoms with Crippen LogP contribution >= 0.6 is 0 Å². The summed E-state index contributed by atoms with van der Waals surface area (Å²) < 4.78 is 30.5. The molecule has 1 atom stereocenters. The smallest absolute Gasteiger partial charge is 0.241 e. The number of hydrogen-bond acceptors (Lipinski definition) is 9. The van der Waals surface area contributed by atoms with E-state index in [0.717, 1.165) is 5.56 Å². The highest BCUT2D eigenvalue weighted by atomic mass is 32.2. The van der Waals surface area contributed by atoms with Gasteiger partial charge in [0.15, 0.2) is 9.84 Å². The number of nitrogens with one attached hydrogen (secondary N) is 3. The van der Waals surface area contributed by atoms with Crippen LogP contribution < -0.4 is 5.32 Å². The second-order valence-electron chi connectivity index (χ2n) is 7.67. The van der Waals surface area contributed by atoms with E-state index in [2.05, 4.69) is 15.3 Å². The van der Waals surface area contributed by atoms with Crippen molar-refractivity contribution in [2.75, 3.05) is 13.7 Å². The summed E-state index contributed by atoms with van der Waals surface area (Å²) in [6.45, 7) is 2.07. The number of ether oxygens (including phenoxy) is 1. The lowest BCUT2D eigenvalue weighted by Crippen LogP contribution is -2.19. The third kappa shape index (κ3) is 5.90. The van der Waals surface area contributed by atoms with E-state index in [1.54, 1.807) is 31.2 Å². The summed E-state index contributed by atoms with van der Waals surface area (Å²) in [4.78, 5) is 8.66. The maximum atomic E-state index is 12.6. The minimum atomic E-state index is -3.54. The normalized spacial score (nSPS) is 12.2. The number of aromatic nitrogens is 2. The summed E-state index contributed by atoms with van der Waals surface area (Å²) in [7, 11) is -1.69. The highest BCUT2D eigenvalue weighted by Gasteiger charge is 2.22. The molecule has 10 heteroatoms. The van der Waals surface area contributed by atoms with Gasteiger partial charge >= 0.3 is 0 Å². The fourth-order valence-electron chi connectivity index (χ4n) is 3.19. The van der Waals surface area contributed by atoms with Gasteiger partial charge in [-0.25, -0.2) is 13.4 Å². The molecule has 0 fully saturated rings. The molecule has 2 aromatic carbocycles. The zero-order valence-electron chi connectivity index (χ0n) is 18.9. The number of hydrogen-bond donors (Lipinski definition) is 4. The number of benzene rings is 2. The quantitative estimate of drug-likeness (QED) is 0.271. The lowest BCUT2D eigenvalue weighted by molar-refractivity contribution is 0.287. The first-order valence-electron chi connectivity index (χ1n) is 10.6. The van der Waals surface area contributed by atoms with Crippen LogP contribution in [0.2, 0.25) is 0 Å². The molecule has 0 aliphatic rings. The molecule has 4 N–H and O–H groups in total. The minimum Gasteiger partial charge on any atom is -0.419 e. The summed E-state index contributed by atoms with van der Waals surface area (Å²) in [5, 5.41) is 27.7. The van der Waals surface area contributed by atoms with Gasteiger partial charge in [0.25, 0.3) is 0 Å². The number of sulfone groups is 1. The number of nitrogens with zero attached hydrogens (tertiary/aromatic N) is 2. The Morgan fingerprint density at radius 1 is 1.06 bits per heavy atom. The van der Waals surface area contributed by atoms with Crippen molar-refractivity contribution in [2.45, 2.75) is 30.0 Å². The Kier molecular flexibility index (Phi) is 8.21. The fraction of sp³-hybridized carbons (Fsp3) is 0.250. The number of aliphatic hydroxyl groups is 1. The molecular weight excluding hydrogens is 454 g/mol. The maximum Gasteiger partial charge on any atom is 0.241 e. The Hall–Kier alpha value is -3.47. The first-order chi connectivity index (χ1) is 16.3. The van der Waals surface area contributed by atoms with Crippen LogP contribution in [-0.2, 0) is 21.1 Å². The SMILES string of the molecule is CNCc1ccc(C(=N)OC(=N)c2cncc(-c3ccc(S(=O)(=O)C(C)CCO)cc3)n2)cc1. The van der Waals surface area contributed by atoms with E-state index in [0.29, 0.717) is 23.4 Å². The molecular formula is C24H27N5O4S. The molecule has 34 heavy (non-hydrogen) atoms. The van der Waals surface area contributed by atoms with Crippen molar-refractivity contribution in [3.63, 3.8) is 0 Å². The van der Waals surface area contributed by atoms with Gasteiger partial charge in [-0.15, -0.1) is 0 Å². The van der Waals surface area contributed by atoms with Crippen LogP contribution in [0.15, 0.2) is 65.8 Å². The van der Waals surface area contributed by atoms with Crippen molar-refractivity contribution in [1.82, 2.24) is 15.3 Å². The zero-order chi connectivity index (χ0) is 24.7. The highest BCUT2D eigenvalue weighted by Crippen LogP contribution is 2.23. The molecule has 0 aliphatic carbocycles. The molecule has 3 rings (SSSR count). The molecule has 9 nitrogen and oxygen atoms in total. The van der Waals surface area contributed by atoms with Crippen molar-refractivity contribution in [3.05, 3.63) is 77.7 Å². The van der Waals surface area contributed by atoms with Crippen molar-refractivity contribution in [1.29, 1.82) is 10.8 Å². The van der Waals surface area contributed by atoms with Gasteiger partial charge < -0.3 is 15.2 Å². The Morgan fingerprint density at radius 3 is 2.35 bits per heavy atom. The molecule has 1 unspecified atom stereocenters. The molecule has 1 heterocycles. The lowest BCUT2D eigenvalue weighted by Gasteiger charge is -2.12. The second-order valence-corrected chi connectivity index (χ2v) is 10.0. The van der Waals surface area contributed by atoms with Gasteiger partial charge in [-0.05, 0) is 50.2 Å². The van der Waals surface area contributed by atoms with Crippen LogP contribution in [0.1, 0.15) is 30.2 Å². The first-order valence-corrected chi connectivity index (χ1v) is 12.2. The van der Waals surface area contributed by atoms with Gasteiger partial charge in [0, 0.05) is 24.3 Å². The van der Waals surface area contributed by atoms with E-state index in [1.165, 1.54) is 24.5 Å². The largest absolute Gasteiger partial charge is 0.419 e. The minimum absolute atomic E-state index is 0.141. The Balaban J connectivity index is 1.74. The predicted molar refractivity (Wildman–Crippen MR) is 130 cm³/mol. The third-order valence-electron chi connectivity index (χ3n) is 5.21. The molecule has 0 saturated heterocycles. The Bertz CT molecular complexity index is 1260. The summed E-state index contributed by atoms with van der Waals surface area (Å²) in [6, 6.07) is 13.5. The molecule has 0 aliphatic heterocycles. The Labute approximate surface area is 198 Å². The summed E-state index contributed by atoms with van der Waals surface area (Å²) in [5.74, 6) is -0.504. The second kappa shape index (κ2) is 11.1. The number of rotatable bonds is 9. The first kappa shape index (κ1) is 25.2. The molecule has 0 bridgehead atoms. The van der Waals surface area contributed by atoms with Gasteiger partial charge in [0.1, 0.15) is 5.69 Å². The molecule has 0 amide bonds. The van der Waals surface area contributed by atoms with Crippen LogP contribution in [0.5, 0.6) is 0 Å². The van der Waals surface area contributed by atoms with Crippen molar-refractivity contribution in [3.8, 4) is 11.3 Å². The van der Waals surface area contributed by atoms with Crippen molar-refractivity contribution < 1.29 is 18.3 Å². The van der Waals surface area contributed by atoms with E-state index in [1.807, 2.05) is 19.2 Å². The van der Waals surface area contributed by atoms with Crippen LogP contribution in [0.25, 0.3) is 11.3 Å². The monoisotopic (exact) mass is 481 g/mol. The van der Waals surface area contributed by atoms with Crippen LogP contribution in [0, 0.1) is 10.8 Å². The lowest BCUT2D eigenvalue weighted by atomic mass is 10.1. The topological polar surface area (TPSA) is 149 Å². The Morgan fingerprint density at radius 2 is 1.74 bits per heavy atom. The number of aliphatic hydroxyl groups excluding tert-OH is 1. The van der Waals surface area contributed by atoms with E-state index in [4.69, 9.17) is 20.7 Å². The van der Waals surface area contributed by atoms with E-state index in [-0.39, 0.29) is 35.4 Å². The van der Waals surface area contributed by atoms with Crippen molar-refractivity contribution in [2.24, 2.45) is 0 Å². The van der Waals surface area contributed by atoms with Crippen LogP contribution in [-0.4, -0.2) is 54.2 Å². The van der Waals surface area contributed by atoms with Gasteiger partial charge in [-0.1, -0.05) is 24.3 Å². The average molecular weight is 482 g/mol. The van der Waals surface area contributed by atoms with Gasteiger partial charge in [0.2, 0.25) is 11.8 Å².